The molecule has 8 heteroatoms. The van der Waals surface area contributed by atoms with Gasteiger partial charge < -0.3 is 15.0 Å². The van der Waals surface area contributed by atoms with Crippen molar-refractivity contribution >= 4 is 27.6 Å². The number of halogens is 2. The van der Waals surface area contributed by atoms with E-state index >= 15 is 0 Å². The predicted molar refractivity (Wildman–Crippen MR) is 128 cm³/mol. The lowest BCUT2D eigenvalue weighted by molar-refractivity contribution is 0.110. The highest BCUT2D eigenvalue weighted by molar-refractivity contribution is 7.20. The Morgan fingerprint density at radius 1 is 1.00 bits per heavy atom. The summed E-state index contributed by atoms with van der Waals surface area (Å²) in [5.41, 5.74) is 2.14. The molecule has 0 spiro atoms. The summed E-state index contributed by atoms with van der Waals surface area (Å²) in [6.45, 7) is 1.06. The Hall–Kier alpha value is -3.52. The van der Waals surface area contributed by atoms with E-state index in [0.29, 0.717) is 35.8 Å². The molecule has 5 rings (SSSR count). The molecule has 2 amide bonds. The van der Waals surface area contributed by atoms with Crippen LogP contribution in [0.5, 0.6) is 5.19 Å². The molecule has 5 nitrogen and oxygen atoms in total. The van der Waals surface area contributed by atoms with Crippen LogP contribution < -0.4 is 10.1 Å². The molecule has 1 saturated heterocycles. The van der Waals surface area contributed by atoms with Crippen LogP contribution in [0.1, 0.15) is 30.0 Å². The van der Waals surface area contributed by atoms with Crippen LogP contribution in [0.2, 0.25) is 0 Å². The second-order valence-electron chi connectivity index (χ2n) is 8.22. The maximum absolute atomic E-state index is 13.9. The zero-order valence-corrected chi connectivity index (χ0v) is 19.1. The monoisotopic (exact) mass is 479 g/mol. The van der Waals surface area contributed by atoms with E-state index in [1.165, 1.54) is 6.07 Å². The fourth-order valence-corrected chi connectivity index (χ4v) is 5.09. The smallest absolute Gasteiger partial charge is 0.318 e. The number of urea groups is 1. The van der Waals surface area contributed by atoms with Crippen LogP contribution in [0.4, 0.5) is 13.6 Å². The number of hydrogen-bond donors (Lipinski definition) is 1. The van der Waals surface area contributed by atoms with Crippen molar-refractivity contribution in [2.75, 3.05) is 13.1 Å². The second kappa shape index (κ2) is 9.77. The van der Waals surface area contributed by atoms with E-state index in [2.05, 4.69) is 10.3 Å². The highest BCUT2D eigenvalue weighted by Gasteiger charge is 2.27. The van der Waals surface area contributed by atoms with Crippen LogP contribution in [-0.2, 0) is 0 Å². The molecule has 0 radical (unpaired) electrons. The number of carbonyl (C=O) groups is 1. The van der Waals surface area contributed by atoms with Gasteiger partial charge in [-0.3, -0.25) is 0 Å². The van der Waals surface area contributed by atoms with E-state index in [-0.39, 0.29) is 23.7 Å². The van der Waals surface area contributed by atoms with E-state index in [4.69, 9.17) is 4.74 Å². The number of piperidine rings is 1. The summed E-state index contributed by atoms with van der Waals surface area (Å²) in [7, 11) is 0. The summed E-state index contributed by atoms with van der Waals surface area (Å²) < 4.78 is 33.7. The van der Waals surface area contributed by atoms with Crippen LogP contribution in [0.3, 0.4) is 0 Å². The van der Waals surface area contributed by atoms with Crippen LogP contribution in [0.15, 0.2) is 72.8 Å². The SMILES string of the molecule is O=C(NC(c1ccccc1)c1ccccc1)N1CCC(Oc2nc3c(F)cc(F)cc3s2)CC1. The molecule has 4 aromatic rings. The number of ether oxygens (including phenoxy) is 1. The lowest BCUT2D eigenvalue weighted by Gasteiger charge is -2.33. The van der Waals surface area contributed by atoms with Crippen molar-refractivity contribution in [1.29, 1.82) is 0 Å². The third kappa shape index (κ3) is 4.87. The molecule has 0 aliphatic carbocycles. The van der Waals surface area contributed by atoms with E-state index in [9.17, 15) is 13.6 Å². The van der Waals surface area contributed by atoms with E-state index in [0.717, 1.165) is 28.5 Å². The van der Waals surface area contributed by atoms with E-state index < -0.39 is 11.6 Å². The molecule has 1 aliphatic rings. The Labute approximate surface area is 200 Å². The van der Waals surface area contributed by atoms with Crippen molar-refractivity contribution in [3.63, 3.8) is 0 Å². The van der Waals surface area contributed by atoms with Crippen LogP contribution >= 0.6 is 11.3 Å². The van der Waals surface area contributed by atoms with Gasteiger partial charge in [0.2, 0.25) is 0 Å². The highest BCUT2D eigenvalue weighted by atomic mass is 32.1. The third-order valence-electron chi connectivity index (χ3n) is 5.92. The van der Waals surface area contributed by atoms with Crippen molar-refractivity contribution in [1.82, 2.24) is 15.2 Å². The van der Waals surface area contributed by atoms with Crippen molar-refractivity contribution < 1.29 is 18.3 Å². The maximum Gasteiger partial charge on any atom is 0.318 e. The standard InChI is InChI=1S/C26H23F2N3O2S/c27-19-15-21(28)24-22(16-19)34-26(30-24)33-20-11-13-31(14-12-20)25(32)29-23(17-7-3-1-4-8-17)18-9-5-2-6-10-18/h1-10,15-16,20,23H,11-14H2,(H,29,32). The summed E-state index contributed by atoms with van der Waals surface area (Å²) in [5, 5.41) is 3.49. The van der Waals surface area contributed by atoms with E-state index in [1.807, 2.05) is 60.7 Å². The number of amides is 2. The Balaban J connectivity index is 1.22. The van der Waals surface area contributed by atoms with Crippen molar-refractivity contribution in [2.24, 2.45) is 0 Å². The highest BCUT2D eigenvalue weighted by Crippen LogP contribution is 2.32. The Morgan fingerprint density at radius 2 is 1.62 bits per heavy atom. The van der Waals surface area contributed by atoms with Crippen molar-refractivity contribution in [3.8, 4) is 5.19 Å². The number of nitrogens with one attached hydrogen (secondary N) is 1. The minimum absolute atomic E-state index is 0.117. The minimum Gasteiger partial charge on any atom is -0.467 e. The summed E-state index contributed by atoms with van der Waals surface area (Å²) in [6.07, 6.45) is 1.11. The Kier molecular flexibility index (Phi) is 6.40. The molecule has 34 heavy (non-hydrogen) atoms. The lowest BCUT2D eigenvalue weighted by Crippen LogP contribution is -2.47. The van der Waals surface area contributed by atoms with Gasteiger partial charge in [0.1, 0.15) is 17.4 Å². The first kappa shape index (κ1) is 22.3. The van der Waals surface area contributed by atoms with Gasteiger partial charge in [0.05, 0.1) is 10.7 Å². The maximum atomic E-state index is 13.9. The zero-order valence-electron chi connectivity index (χ0n) is 18.3. The molecule has 3 aromatic carbocycles. The average molecular weight is 480 g/mol. The topological polar surface area (TPSA) is 54.5 Å². The minimum atomic E-state index is -0.695. The number of likely N-dealkylation sites (tertiary alicyclic amines) is 1. The van der Waals surface area contributed by atoms with Gasteiger partial charge in [0, 0.05) is 32.0 Å². The van der Waals surface area contributed by atoms with Crippen molar-refractivity contribution in [2.45, 2.75) is 25.0 Å². The van der Waals surface area contributed by atoms with Crippen LogP contribution in [0, 0.1) is 11.6 Å². The first-order chi connectivity index (χ1) is 16.6. The van der Waals surface area contributed by atoms with Crippen LogP contribution in [-0.4, -0.2) is 35.1 Å². The number of nitrogens with zero attached hydrogens (tertiary/aromatic N) is 2. The second-order valence-corrected chi connectivity index (χ2v) is 9.22. The molecule has 1 fully saturated rings. The van der Waals surface area contributed by atoms with Gasteiger partial charge in [-0.15, -0.1) is 0 Å². The van der Waals surface area contributed by atoms with Gasteiger partial charge in [-0.1, -0.05) is 72.0 Å². The molecule has 0 saturated carbocycles. The Bertz CT molecular complexity index is 1240. The number of fused-ring (bicyclic) bond motifs is 1. The quantitative estimate of drug-likeness (QED) is 0.387. The predicted octanol–water partition coefficient (Wildman–Crippen LogP) is 5.92. The zero-order chi connectivity index (χ0) is 23.5. The van der Waals surface area contributed by atoms with Gasteiger partial charge in [0.25, 0.3) is 5.19 Å². The normalized spacial score (nSPS) is 14.5. The Morgan fingerprint density at radius 3 is 2.24 bits per heavy atom. The molecule has 1 aromatic heterocycles. The number of carbonyl (C=O) groups excluding carboxylic acids is 1. The van der Waals surface area contributed by atoms with Crippen molar-refractivity contribution in [3.05, 3.63) is 95.6 Å². The van der Waals surface area contributed by atoms with Gasteiger partial charge in [-0.25, -0.2) is 13.6 Å². The fourth-order valence-electron chi connectivity index (χ4n) is 4.17. The summed E-state index contributed by atoms with van der Waals surface area (Å²) >= 11 is 1.12. The summed E-state index contributed by atoms with van der Waals surface area (Å²) in [5.74, 6) is -1.33. The molecule has 0 unspecified atom stereocenters. The molecule has 0 bridgehead atoms. The molecule has 2 heterocycles. The number of benzene rings is 3. The first-order valence-electron chi connectivity index (χ1n) is 11.1. The van der Waals surface area contributed by atoms with E-state index in [1.54, 1.807) is 4.90 Å². The molecular formula is C26H23F2N3O2S. The molecule has 0 atom stereocenters. The average Bonchev–Trinajstić information content (AvgIpc) is 3.26. The number of rotatable bonds is 5. The van der Waals surface area contributed by atoms with Gasteiger partial charge >= 0.3 is 6.03 Å². The summed E-state index contributed by atoms with van der Waals surface area (Å²) in [6, 6.07) is 21.5. The molecule has 1 N–H and O–H groups in total. The van der Waals surface area contributed by atoms with Gasteiger partial charge in [0.15, 0.2) is 5.82 Å². The largest absolute Gasteiger partial charge is 0.467 e. The third-order valence-corrected chi connectivity index (χ3v) is 6.82. The number of hydrogen-bond acceptors (Lipinski definition) is 4. The fraction of sp³-hybridized carbons (Fsp3) is 0.231. The number of thiazole rings is 1. The summed E-state index contributed by atoms with van der Waals surface area (Å²) in [4.78, 5) is 19.0. The molecule has 174 valence electrons. The van der Waals surface area contributed by atoms with Gasteiger partial charge in [-0.05, 0) is 17.2 Å². The molecule has 1 aliphatic heterocycles. The lowest BCUT2D eigenvalue weighted by atomic mass is 9.99. The van der Waals surface area contributed by atoms with Crippen LogP contribution in [0.25, 0.3) is 10.2 Å². The first-order valence-corrected chi connectivity index (χ1v) is 12.0. The van der Waals surface area contributed by atoms with Gasteiger partial charge in [-0.2, -0.15) is 4.98 Å². The number of aromatic nitrogens is 1. The molecular weight excluding hydrogens is 456 g/mol.